The van der Waals surface area contributed by atoms with Crippen LogP contribution in [0.5, 0.6) is 0 Å². The fourth-order valence-electron chi connectivity index (χ4n) is 1.83. The van der Waals surface area contributed by atoms with Gasteiger partial charge in [0.2, 0.25) is 10.0 Å². The van der Waals surface area contributed by atoms with Gasteiger partial charge in [0.05, 0.1) is 0 Å². The molecule has 2 aromatic carbocycles. The average Bonchev–Trinajstić information content (AvgIpc) is 2.37. The fourth-order valence-corrected chi connectivity index (χ4v) is 3.66. The number of hydrogen-bond acceptors (Lipinski definition) is 2. The monoisotopic (exact) mass is 391 g/mol. The van der Waals surface area contributed by atoms with E-state index >= 15 is 0 Å². The Kier molecular flexibility index (Phi) is 5.03. The van der Waals surface area contributed by atoms with E-state index in [0.717, 1.165) is 6.07 Å². The molecule has 112 valence electrons. The van der Waals surface area contributed by atoms with Gasteiger partial charge in [0, 0.05) is 15.5 Å². The standard InChI is InChI=1S/C14H12BrClFNO2S/c1-9(10-3-2-4-12(16)7-10)18-21(19,20)14-6-5-11(15)8-13(14)17/h2-9,18H,1H3. The van der Waals surface area contributed by atoms with Gasteiger partial charge in [-0.1, -0.05) is 39.7 Å². The minimum absolute atomic E-state index is 0.389. The maximum atomic E-state index is 13.8. The molecule has 2 aromatic rings. The Morgan fingerprint density at radius 2 is 1.95 bits per heavy atom. The van der Waals surface area contributed by atoms with Crippen molar-refractivity contribution in [3.05, 3.63) is 63.3 Å². The summed E-state index contributed by atoms with van der Waals surface area (Å²) in [5, 5.41) is 0.508. The average molecular weight is 393 g/mol. The Labute approximate surface area is 136 Å². The molecule has 21 heavy (non-hydrogen) atoms. The molecule has 0 spiro atoms. The van der Waals surface area contributed by atoms with E-state index in [9.17, 15) is 12.8 Å². The van der Waals surface area contributed by atoms with E-state index in [0.29, 0.717) is 15.1 Å². The minimum atomic E-state index is -3.96. The lowest BCUT2D eigenvalue weighted by molar-refractivity contribution is 0.546. The molecule has 0 saturated heterocycles. The molecule has 0 aliphatic heterocycles. The zero-order chi connectivity index (χ0) is 15.6. The van der Waals surface area contributed by atoms with E-state index in [4.69, 9.17) is 11.6 Å². The van der Waals surface area contributed by atoms with Gasteiger partial charge in [-0.05, 0) is 42.8 Å². The molecular formula is C14H12BrClFNO2S. The van der Waals surface area contributed by atoms with Crippen molar-refractivity contribution in [1.82, 2.24) is 4.72 Å². The molecule has 2 rings (SSSR count). The molecule has 0 fully saturated rings. The van der Waals surface area contributed by atoms with Crippen molar-refractivity contribution in [2.75, 3.05) is 0 Å². The first kappa shape index (κ1) is 16.4. The second kappa shape index (κ2) is 6.44. The summed E-state index contributed by atoms with van der Waals surface area (Å²) >= 11 is 8.97. The van der Waals surface area contributed by atoms with Crippen molar-refractivity contribution in [3.63, 3.8) is 0 Å². The van der Waals surface area contributed by atoms with Crippen molar-refractivity contribution in [2.24, 2.45) is 0 Å². The van der Waals surface area contributed by atoms with E-state index in [1.165, 1.54) is 12.1 Å². The van der Waals surface area contributed by atoms with Crippen molar-refractivity contribution >= 4 is 37.6 Å². The van der Waals surface area contributed by atoms with E-state index in [1.807, 2.05) is 0 Å². The highest BCUT2D eigenvalue weighted by Crippen LogP contribution is 2.23. The summed E-state index contributed by atoms with van der Waals surface area (Å²) in [5.74, 6) is -0.810. The molecule has 1 unspecified atom stereocenters. The Bertz CT molecular complexity index is 767. The Morgan fingerprint density at radius 3 is 2.57 bits per heavy atom. The van der Waals surface area contributed by atoms with Gasteiger partial charge in [-0.3, -0.25) is 0 Å². The van der Waals surface area contributed by atoms with Crippen LogP contribution in [0.2, 0.25) is 5.02 Å². The van der Waals surface area contributed by atoms with Gasteiger partial charge < -0.3 is 0 Å². The first-order chi connectivity index (χ1) is 9.79. The fraction of sp³-hybridized carbons (Fsp3) is 0.143. The Balaban J connectivity index is 2.29. The third kappa shape index (κ3) is 4.03. The van der Waals surface area contributed by atoms with E-state index in [1.54, 1.807) is 31.2 Å². The molecule has 1 N–H and O–H groups in total. The van der Waals surface area contributed by atoms with E-state index in [2.05, 4.69) is 20.7 Å². The van der Waals surface area contributed by atoms with Crippen LogP contribution in [-0.4, -0.2) is 8.42 Å². The van der Waals surface area contributed by atoms with Crippen LogP contribution in [-0.2, 0) is 10.0 Å². The second-order valence-corrected chi connectivity index (χ2v) is 7.51. The highest BCUT2D eigenvalue weighted by atomic mass is 79.9. The van der Waals surface area contributed by atoms with Gasteiger partial charge in [0.1, 0.15) is 10.7 Å². The van der Waals surface area contributed by atoms with Crippen molar-refractivity contribution in [2.45, 2.75) is 17.9 Å². The third-order valence-electron chi connectivity index (χ3n) is 2.86. The summed E-state index contributed by atoms with van der Waals surface area (Å²) in [6.07, 6.45) is 0. The lowest BCUT2D eigenvalue weighted by Crippen LogP contribution is -2.27. The normalized spacial score (nSPS) is 13.1. The van der Waals surface area contributed by atoms with Crippen LogP contribution in [0.3, 0.4) is 0 Å². The van der Waals surface area contributed by atoms with Crippen LogP contribution in [0.1, 0.15) is 18.5 Å². The van der Waals surface area contributed by atoms with Gasteiger partial charge in [0.25, 0.3) is 0 Å². The number of halogens is 3. The van der Waals surface area contributed by atoms with Crippen molar-refractivity contribution in [1.29, 1.82) is 0 Å². The quantitative estimate of drug-likeness (QED) is 0.844. The first-order valence-electron chi connectivity index (χ1n) is 6.02. The van der Waals surface area contributed by atoms with Crippen molar-refractivity contribution < 1.29 is 12.8 Å². The van der Waals surface area contributed by atoms with Crippen LogP contribution >= 0.6 is 27.5 Å². The number of nitrogens with one attached hydrogen (secondary N) is 1. The second-order valence-electron chi connectivity index (χ2n) is 4.47. The summed E-state index contributed by atoms with van der Waals surface area (Å²) in [6.45, 7) is 1.67. The third-order valence-corrected chi connectivity index (χ3v) is 5.17. The Morgan fingerprint density at radius 1 is 1.24 bits per heavy atom. The number of hydrogen-bond donors (Lipinski definition) is 1. The summed E-state index contributed by atoms with van der Waals surface area (Å²) in [7, 11) is -3.96. The zero-order valence-corrected chi connectivity index (χ0v) is 14.1. The highest BCUT2D eigenvalue weighted by Gasteiger charge is 2.22. The van der Waals surface area contributed by atoms with Crippen LogP contribution < -0.4 is 4.72 Å². The van der Waals surface area contributed by atoms with Crippen LogP contribution in [0.4, 0.5) is 4.39 Å². The summed E-state index contributed by atoms with van der Waals surface area (Å²) < 4.78 is 41.2. The summed E-state index contributed by atoms with van der Waals surface area (Å²) in [4.78, 5) is -0.389. The van der Waals surface area contributed by atoms with Crippen LogP contribution in [0.25, 0.3) is 0 Å². The molecular weight excluding hydrogens is 381 g/mol. The SMILES string of the molecule is CC(NS(=O)(=O)c1ccc(Br)cc1F)c1cccc(Cl)c1. The lowest BCUT2D eigenvalue weighted by Gasteiger charge is -2.15. The van der Waals surface area contributed by atoms with Gasteiger partial charge in [-0.15, -0.1) is 0 Å². The van der Waals surface area contributed by atoms with E-state index < -0.39 is 21.9 Å². The number of rotatable bonds is 4. The molecule has 1 atom stereocenters. The largest absolute Gasteiger partial charge is 0.244 e. The predicted octanol–water partition coefficient (Wildman–Crippen LogP) is 4.28. The van der Waals surface area contributed by atoms with Crippen LogP contribution in [0, 0.1) is 5.82 Å². The zero-order valence-electron chi connectivity index (χ0n) is 11.0. The summed E-state index contributed by atoms with van der Waals surface area (Å²) in [6, 6.07) is 10.1. The molecule has 0 amide bonds. The first-order valence-corrected chi connectivity index (χ1v) is 8.68. The highest BCUT2D eigenvalue weighted by molar-refractivity contribution is 9.10. The van der Waals surface area contributed by atoms with E-state index in [-0.39, 0.29) is 4.90 Å². The molecule has 7 heteroatoms. The van der Waals surface area contributed by atoms with Gasteiger partial charge >= 0.3 is 0 Å². The van der Waals surface area contributed by atoms with Crippen LogP contribution in [0.15, 0.2) is 51.8 Å². The predicted molar refractivity (Wildman–Crippen MR) is 84.3 cm³/mol. The van der Waals surface area contributed by atoms with Gasteiger partial charge in [-0.2, -0.15) is 0 Å². The Hall–Kier alpha value is -0.950. The maximum absolute atomic E-state index is 13.8. The lowest BCUT2D eigenvalue weighted by atomic mass is 10.1. The molecule has 0 aliphatic carbocycles. The van der Waals surface area contributed by atoms with Gasteiger partial charge in [-0.25, -0.2) is 17.5 Å². The molecule has 3 nitrogen and oxygen atoms in total. The number of benzene rings is 2. The number of sulfonamides is 1. The van der Waals surface area contributed by atoms with Crippen molar-refractivity contribution in [3.8, 4) is 0 Å². The molecule has 0 saturated carbocycles. The van der Waals surface area contributed by atoms with Gasteiger partial charge in [0.15, 0.2) is 0 Å². The molecule has 0 bridgehead atoms. The maximum Gasteiger partial charge on any atom is 0.244 e. The summed E-state index contributed by atoms with van der Waals surface area (Å²) in [5.41, 5.74) is 0.698. The molecule has 0 aromatic heterocycles. The minimum Gasteiger partial charge on any atom is -0.207 e. The molecule has 0 aliphatic rings. The topological polar surface area (TPSA) is 46.2 Å². The smallest absolute Gasteiger partial charge is 0.207 e. The molecule has 0 radical (unpaired) electrons. The molecule has 0 heterocycles.